The van der Waals surface area contributed by atoms with Gasteiger partial charge < -0.3 is 10.1 Å². The van der Waals surface area contributed by atoms with Crippen LogP contribution in [0.15, 0.2) is 18.2 Å². The highest BCUT2D eigenvalue weighted by molar-refractivity contribution is 5.67. The lowest BCUT2D eigenvalue weighted by Crippen LogP contribution is -2.32. The first kappa shape index (κ1) is 17.6. The van der Waals surface area contributed by atoms with E-state index in [2.05, 4.69) is 10.3 Å². The van der Waals surface area contributed by atoms with Crippen LogP contribution >= 0.6 is 0 Å². The average molecular weight is 307 g/mol. The Morgan fingerprint density at radius 3 is 2.68 bits per heavy atom. The molecule has 120 valence electrons. The molecule has 1 aromatic rings. The van der Waals surface area contributed by atoms with Gasteiger partial charge >= 0.3 is 6.09 Å². The summed E-state index contributed by atoms with van der Waals surface area (Å²) >= 11 is 0. The molecule has 1 rings (SSSR count). The minimum absolute atomic E-state index is 0.00347. The van der Waals surface area contributed by atoms with E-state index in [-0.39, 0.29) is 5.69 Å². The topological polar surface area (TPSA) is 94.4 Å². The van der Waals surface area contributed by atoms with Gasteiger partial charge in [-0.05, 0) is 46.3 Å². The first-order valence-corrected chi connectivity index (χ1v) is 6.94. The van der Waals surface area contributed by atoms with Crippen molar-refractivity contribution in [1.82, 2.24) is 10.3 Å². The second kappa shape index (κ2) is 7.53. The van der Waals surface area contributed by atoms with Crippen LogP contribution in [0.4, 0.5) is 10.5 Å². The molecule has 0 atom stereocenters. The Hall–Kier alpha value is -2.44. The van der Waals surface area contributed by atoms with E-state index in [1.54, 1.807) is 39.8 Å². The quantitative estimate of drug-likeness (QED) is 0.512. The number of pyridine rings is 1. The van der Waals surface area contributed by atoms with Crippen LogP contribution in [0.2, 0.25) is 0 Å². The molecule has 1 aromatic heterocycles. The molecule has 0 fully saturated rings. The van der Waals surface area contributed by atoms with Crippen LogP contribution in [0, 0.1) is 17.0 Å². The van der Waals surface area contributed by atoms with Crippen molar-refractivity contribution in [2.24, 2.45) is 0 Å². The van der Waals surface area contributed by atoms with E-state index in [1.165, 1.54) is 6.07 Å². The van der Waals surface area contributed by atoms with Gasteiger partial charge in [-0.3, -0.25) is 10.1 Å². The van der Waals surface area contributed by atoms with Crippen LogP contribution in [0.5, 0.6) is 0 Å². The minimum atomic E-state index is -0.514. The molecule has 0 saturated heterocycles. The number of alkyl carbamates (subject to hydrolysis) is 1. The lowest BCUT2D eigenvalue weighted by Gasteiger charge is -2.19. The van der Waals surface area contributed by atoms with Gasteiger partial charge in [-0.15, -0.1) is 0 Å². The largest absolute Gasteiger partial charge is 0.444 e. The van der Waals surface area contributed by atoms with Crippen molar-refractivity contribution in [3.05, 3.63) is 39.7 Å². The predicted octanol–water partition coefficient (Wildman–Crippen LogP) is 3.23. The Balaban J connectivity index is 2.42. The number of ether oxygens (including phenoxy) is 1. The highest BCUT2D eigenvalue weighted by Gasteiger charge is 2.15. The monoisotopic (exact) mass is 307 g/mol. The smallest absolute Gasteiger partial charge is 0.407 e. The molecule has 0 radical (unpaired) electrons. The summed E-state index contributed by atoms with van der Waals surface area (Å²) in [5, 5.41) is 13.3. The molecule has 0 aliphatic rings. The second-order valence-electron chi connectivity index (χ2n) is 5.72. The van der Waals surface area contributed by atoms with E-state index in [0.29, 0.717) is 24.4 Å². The van der Waals surface area contributed by atoms with Crippen LogP contribution in [0.25, 0.3) is 6.08 Å². The van der Waals surface area contributed by atoms with E-state index in [9.17, 15) is 14.9 Å². The van der Waals surface area contributed by atoms with Gasteiger partial charge in [-0.2, -0.15) is 0 Å². The van der Waals surface area contributed by atoms with Crippen molar-refractivity contribution in [2.75, 3.05) is 6.54 Å². The van der Waals surface area contributed by atoms with Gasteiger partial charge in [0.25, 0.3) is 5.69 Å². The minimum Gasteiger partial charge on any atom is -0.444 e. The first-order valence-electron chi connectivity index (χ1n) is 6.94. The number of nitro groups is 1. The maximum atomic E-state index is 11.4. The SMILES string of the molecule is Cc1nc(C=CCCNC(=O)OC(C)(C)C)ccc1[N+](=O)[O-]. The van der Waals surface area contributed by atoms with Crippen LogP contribution < -0.4 is 5.32 Å². The van der Waals surface area contributed by atoms with Crippen molar-refractivity contribution in [3.63, 3.8) is 0 Å². The van der Waals surface area contributed by atoms with E-state index < -0.39 is 16.6 Å². The Bertz CT molecular complexity index is 577. The molecule has 1 N–H and O–H groups in total. The van der Waals surface area contributed by atoms with E-state index in [0.717, 1.165) is 0 Å². The van der Waals surface area contributed by atoms with Gasteiger partial charge in [0.05, 0.1) is 10.6 Å². The number of nitrogens with zero attached hydrogens (tertiary/aromatic N) is 2. The van der Waals surface area contributed by atoms with Crippen LogP contribution in [-0.2, 0) is 4.74 Å². The molecule has 7 heteroatoms. The molecular weight excluding hydrogens is 286 g/mol. The summed E-state index contributed by atoms with van der Waals surface area (Å²) in [6.45, 7) is 7.44. The number of amides is 1. The number of carbonyl (C=O) groups is 1. The number of nitrogens with one attached hydrogen (secondary N) is 1. The Morgan fingerprint density at radius 2 is 2.14 bits per heavy atom. The van der Waals surface area contributed by atoms with Crippen molar-refractivity contribution >= 4 is 17.9 Å². The molecule has 1 heterocycles. The number of rotatable bonds is 5. The zero-order valence-corrected chi connectivity index (χ0v) is 13.3. The zero-order chi connectivity index (χ0) is 16.8. The van der Waals surface area contributed by atoms with Crippen molar-refractivity contribution < 1.29 is 14.5 Å². The van der Waals surface area contributed by atoms with Gasteiger partial charge in [-0.1, -0.05) is 6.08 Å². The molecule has 0 spiro atoms. The average Bonchev–Trinajstić information content (AvgIpc) is 2.35. The van der Waals surface area contributed by atoms with E-state index in [4.69, 9.17) is 4.74 Å². The summed E-state index contributed by atoms with van der Waals surface area (Å²) < 4.78 is 5.10. The Kier molecular flexibility index (Phi) is 6.03. The standard InChI is InChI=1S/C15H21N3O4/c1-11-13(18(20)21)9-8-12(17-11)7-5-6-10-16-14(19)22-15(2,3)4/h5,7-9H,6,10H2,1-4H3,(H,16,19). The van der Waals surface area contributed by atoms with Crippen LogP contribution in [-0.4, -0.2) is 28.1 Å². The molecule has 0 aliphatic carbocycles. The summed E-state index contributed by atoms with van der Waals surface area (Å²) in [6.07, 6.45) is 3.75. The lowest BCUT2D eigenvalue weighted by molar-refractivity contribution is -0.385. The lowest BCUT2D eigenvalue weighted by atomic mass is 10.2. The fourth-order valence-electron chi connectivity index (χ4n) is 1.63. The number of carbonyl (C=O) groups excluding carboxylic acids is 1. The summed E-state index contributed by atoms with van der Waals surface area (Å²) in [7, 11) is 0. The van der Waals surface area contributed by atoms with Crippen LogP contribution in [0.3, 0.4) is 0 Å². The number of aromatic nitrogens is 1. The zero-order valence-electron chi connectivity index (χ0n) is 13.3. The molecule has 0 aromatic carbocycles. The fraction of sp³-hybridized carbons (Fsp3) is 0.467. The highest BCUT2D eigenvalue weighted by Crippen LogP contribution is 2.16. The van der Waals surface area contributed by atoms with E-state index >= 15 is 0 Å². The van der Waals surface area contributed by atoms with Gasteiger partial charge in [0.15, 0.2) is 0 Å². The predicted molar refractivity (Wildman–Crippen MR) is 83.5 cm³/mol. The number of hydrogen-bond donors (Lipinski definition) is 1. The molecule has 0 unspecified atom stereocenters. The van der Waals surface area contributed by atoms with Crippen LogP contribution in [0.1, 0.15) is 38.6 Å². The third-order valence-corrected chi connectivity index (χ3v) is 2.54. The molecule has 7 nitrogen and oxygen atoms in total. The van der Waals surface area contributed by atoms with Crippen molar-refractivity contribution in [3.8, 4) is 0 Å². The molecule has 0 aliphatic heterocycles. The van der Waals surface area contributed by atoms with Gasteiger partial charge in [0.2, 0.25) is 0 Å². The summed E-state index contributed by atoms with van der Waals surface area (Å²) in [5.74, 6) is 0. The third kappa shape index (κ3) is 6.34. The van der Waals surface area contributed by atoms with Gasteiger partial charge in [-0.25, -0.2) is 9.78 Å². The van der Waals surface area contributed by atoms with Gasteiger partial charge in [0, 0.05) is 12.6 Å². The maximum absolute atomic E-state index is 11.4. The normalized spacial score (nSPS) is 11.5. The fourth-order valence-corrected chi connectivity index (χ4v) is 1.63. The molecule has 0 bridgehead atoms. The number of hydrogen-bond acceptors (Lipinski definition) is 5. The highest BCUT2D eigenvalue weighted by atomic mass is 16.6. The summed E-state index contributed by atoms with van der Waals surface area (Å²) in [6, 6.07) is 3.02. The Labute approximate surface area is 129 Å². The molecular formula is C15H21N3O4. The summed E-state index contributed by atoms with van der Waals surface area (Å²) in [4.78, 5) is 25.8. The molecule has 1 amide bonds. The number of aryl methyl sites for hydroxylation is 1. The third-order valence-electron chi connectivity index (χ3n) is 2.54. The molecule has 0 saturated carbocycles. The second-order valence-corrected chi connectivity index (χ2v) is 5.72. The Morgan fingerprint density at radius 1 is 1.45 bits per heavy atom. The first-order chi connectivity index (χ1) is 10.2. The van der Waals surface area contributed by atoms with Crippen molar-refractivity contribution in [1.29, 1.82) is 0 Å². The van der Waals surface area contributed by atoms with E-state index in [1.807, 2.05) is 6.08 Å². The van der Waals surface area contributed by atoms with Crippen molar-refractivity contribution in [2.45, 2.75) is 39.7 Å². The maximum Gasteiger partial charge on any atom is 0.407 e. The molecule has 22 heavy (non-hydrogen) atoms. The summed E-state index contributed by atoms with van der Waals surface area (Å²) in [5.41, 5.74) is 0.503. The van der Waals surface area contributed by atoms with Gasteiger partial charge in [0.1, 0.15) is 11.3 Å².